The van der Waals surface area contributed by atoms with Crippen LogP contribution < -0.4 is 14.8 Å². The van der Waals surface area contributed by atoms with Crippen LogP contribution in [-0.2, 0) is 4.79 Å². The molecule has 1 aromatic carbocycles. The second kappa shape index (κ2) is 7.08. The van der Waals surface area contributed by atoms with E-state index in [0.29, 0.717) is 0 Å². The van der Waals surface area contributed by atoms with Gasteiger partial charge in [0.15, 0.2) is 5.75 Å². The molecule has 0 aliphatic carbocycles. The van der Waals surface area contributed by atoms with E-state index in [9.17, 15) is 19.7 Å². The number of ether oxygens (including phenoxy) is 2. The maximum Gasteiger partial charge on any atom is 0.315 e. The third kappa shape index (κ3) is 4.06. The minimum Gasteiger partial charge on any atom is -0.493 e. The number of amides is 1. The molecule has 0 bridgehead atoms. The van der Waals surface area contributed by atoms with Gasteiger partial charge in [-0.05, 0) is 6.07 Å². The first-order chi connectivity index (χ1) is 9.90. The van der Waals surface area contributed by atoms with Crippen molar-refractivity contribution in [2.45, 2.75) is 6.42 Å². The van der Waals surface area contributed by atoms with Gasteiger partial charge in [0.05, 0.1) is 31.1 Å². The zero-order valence-electron chi connectivity index (χ0n) is 11.4. The summed E-state index contributed by atoms with van der Waals surface area (Å²) in [6, 6.07) is 2.32. The van der Waals surface area contributed by atoms with Gasteiger partial charge < -0.3 is 19.9 Å². The number of aliphatic carboxylic acids is 1. The van der Waals surface area contributed by atoms with Crippen molar-refractivity contribution in [3.63, 3.8) is 0 Å². The van der Waals surface area contributed by atoms with E-state index < -0.39 is 22.5 Å². The number of hydrogen-bond acceptors (Lipinski definition) is 6. The first-order valence-corrected chi connectivity index (χ1v) is 5.81. The number of carbonyl (C=O) groups is 2. The second-order valence-electron chi connectivity index (χ2n) is 3.89. The van der Waals surface area contributed by atoms with Gasteiger partial charge in [0.1, 0.15) is 0 Å². The van der Waals surface area contributed by atoms with Crippen LogP contribution in [0.15, 0.2) is 12.1 Å². The largest absolute Gasteiger partial charge is 0.493 e. The topological polar surface area (TPSA) is 128 Å². The highest BCUT2D eigenvalue weighted by molar-refractivity contribution is 5.96. The average Bonchev–Trinajstić information content (AvgIpc) is 2.44. The number of benzene rings is 1. The summed E-state index contributed by atoms with van der Waals surface area (Å²) in [5.41, 5.74) is -0.440. The van der Waals surface area contributed by atoms with Gasteiger partial charge in [-0.15, -0.1) is 0 Å². The number of nitro benzene ring substituents is 1. The highest BCUT2D eigenvalue weighted by atomic mass is 16.6. The van der Waals surface area contributed by atoms with Crippen molar-refractivity contribution in [3.8, 4) is 11.5 Å². The lowest BCUT2D eigenvalue weighted by Crippen LogP contribution is -2.26. The SMILES string of the molecule is COc1cc(C(=O)NCCC(=O)O)cc([N+](=O)[O-])c1OC. The average molecular weight is 298 g/mol. The van der Waals surface area contributed by atoms with Gasteiger partial charge in [-0.25, -0.2) is 0 Å². The lowest BCUT2D eigenvalue weighted by Gasteiger charge is -2.10. The van der Waals surface area contributed by atoms with E-state index in [-0.39, 0.29) is 30.0 Å². The summed E-state index contributed by atoms with van der Waals surface area (Å²) >= 11 is 0. The van der Waals surface area contributed by atoms with Crippen LogP contribution in [0.2, 0.25) is 0 Å². The van der Waals surface area contributed by atoms with Gasteiger partial charge in [-0.2, -0.15) is 0 Å². The molecule has 0 saturated carbocycles. The van der Waals surface area contributed by atoms with Gasteiger partial charge in [0.25, 0.3) is 5.91 Å². The Bertz CT molecular complexity index is 571. The van der Waals surface area contributed by atoms with Crippen LogP contribution in [0.4, 0.5) is 5.69 Å². The number of carboxylic acids is 1. The monoisotopic (exact) mass is 298 g/mol. The van der Waals surface area contributed by atoms with Crippen LogP contribution in [0.1, 0.15) is 16.8 Å². The number of nitro groups is 1. The van der Waals surface area contributed by atoms with Crippen molar-refractivity contribution < 1.29 is 29.1 Å². The molecule has 21 heavy (non-hydrogen) atoms. The fourth-order valence-electron chi connectivity index (χ4n) is 1.60. The van der Waals surface area contributed by atoms with E-state index in [0.717, 1.165) is 6.07 Å². The molecular weight excluding hydrogens is 284 g/mol. The second-order valence-corrected chi connectivity index (χ2v) is 3.89. The fraction of sp³-hybridized carbons (Fsp3) is 0.333. The van der Waals surface area contributed by atoms with E-state index in [2.05, 4.69) is 5.32 Å². The van der Waals surface area contributed by atoms with Crippen LogP contribution in [-0.4, -0.2) is 42.7 Å². The summed E-state index contributed by atoms with van der Waals surface area (Å²) < 4.78 is 9.86. The standard InChI is InChI=1S/C12H14N2O7/c1-20-9-6-7(12(17)13-4-3-10(15)16)5-8(14(18)19)11(9)21-2/h5-6H,3-4H2,1-2H3,(H,13,17)(H,15,16). The predicted octanol–water partition coefficient (Wildman–Crippen LogP) is 0.817. The van der Waals surface area contributed by atoms with Crippen molar-refractivity contribution in [1.29, 1.82) is 0 Å². The summed E-state index contributed by atoms with van der Waals surface area (Å²) in [6.45, 7) is -0.0870. The molecule has 0 aromatic heterocycles. The Morgan fingerprint density at radius 1 is 1.33 bits per heavy atom. The molecule has 9 heteroatoms. The number of rotatable bonds is 7. The van der Waals surface area contributed by atoms with E-state index in [1.165, 1.54) is 20.3 Å². The zero-order valence-corrected chi connectivity index (χ0v) is 11.4. The van der Waals surface area contributed by atoms with Crippen molar-refractivity contribution in [2.75, 3.05) is 20.8 Å². The smallest absolute Gasteiger partial charge is 0.315 e. The molecule has 0 heterocycles. The Balaban J connectivity index is 3.07. The number of nitrogens with zero attached hydrogens (tertiary/aromatic N) is 1. The first-order valence-electron chi connectivity index (χ1n) is 5.81. The minimum absolute atomic E-state index is 0.0234. The summed E-state index contributed by atoms with van der Waals surface area (Å²) in [5.74, 6) is -1.76. The Morgan fingerprint density at radius 3 is 2.48 bits per heavy atom. The molecule has 1 aromatic rings. The van der Waals surface area contributed by atoms with E-state index in [1.807, 2.05) is 0 Å². The summed E-state index contributed by atoms with van der Waals surface area (Å²) in [6.07, 6.45) is -0.249. The maximum atomic E-state index is 11.8. The van der Waals surface area contributed by atoms with Crippen molar-refractivity contribution in [2.24, 2.45) is 0 Å². The molecule has 0 fully saturated rings. The maximum absolute atomic E-state index is 11.8. The van der Waals surface area contributed by atoms with E-state index >= 15 is 0 Å². The molecule has 0 aliphatic rings. The van der Waals surface area contributed by atoms with Gasteiger partial charge in [0.2, 0.25) is 5.75 Å². The van der Waals surface area contributed by atoms with Crippen molar-refractivity contribution in [1.82, 2.24) is 5.32 Å². The van der Waals surface area contributed by atoms with Gasteiger partial charge in [-0.3, -0.25) is 19.7 Å². The Labute approximate surface area is 119 Å². The Morgan fingerprint density at radius 2 is 2.00 bits per heavy atom. The third-order valence-corrected chi connectivity index (χ3v) is 2.54. The lowest BCUT2D eigenvalue weighted by atomic mass is 10.1. The van der Waals surface area contributed by atoms with Crippen LogP contribution >= 0.6 is 0 Å². The molecule has 0 saturated heterocycles. The number of carboxylic acid groups (broad SMARTS) is 1. The highest BCUT2D eigenvalue weighted by Crippen LogP contribution is 2.37. The van der Waals surface area contributed by atoms with Crippen LogP contribution in [0.3, 0.4) is 0 Å². The third-order valence-electron chi connectivity index (χ3n) is 2.54. The quantitative estimate of drug-likeness (QED) is 0.563. The Kier molecular flexibility index (Phi) is 5.47. The summed E-state index contributed by atoms with van der Waals surface area (Å²) in [5, 5.41) is 21.8. The number of hydrogen-bond donors (Lipinski definition) is 2. The van der Waals surface area contributed by atoms with Crippen molar-refractivity contribution in [3.05, 3.63) is 27.8 Å². The van der Waals surface area contributed by atoms with E-state index in [4.69, 9.17) is 14.6 Å². The minimum atomic E-state index is -1.06. The first kappa shape index (κ1) is 16.2. The summed E-state index contributed by atoms with van der Waals surface area (Å²) in [4.78, 5) is 32.5. The fourth-order valence-corrected chi connectivity index (χ4v) is 1.60. The molecular formula is C12H14N2O7. The normalized spacial score (nSPS) is 9.81. The molecule has 0 unspecified atom stereocenters. The number of nitrogens with one attached hydrogen (secondary N) is 1. The molecule has 0 atom stereocenters. The molecule has 9 nitrogen and oxygen atoms in total. The highest BCUT2D eigenvalue weighted by Gasteiger charge is 2.23. The molecule has 114 valence electrons. The van der Waals surface area contributed by atoms with Gasteiger partial charge in [0, 0.05) is 12.6 Å². The number of methoxy groups -OCH3 is 2. The van der Waals surface area contributed by atoms with Crippen LogP contribution in [0.25, 0.3) is 0 Å². The molecule has 1 rings (SSSR count). The molecule has 0 aliphatic heterocycles. The van der Waals surface area contributed by atoms with Crippen molar-refractivity contribution >= 4 is 17.6 Å². The van der Waals surface area contributed by atoms with Crippen LogP contribution in [0, 0.1) is 10.1 Å². The van der Waals surface area contributed by atoms with Gasteiger partial charge >= 0.3 is 11.7 Å². The van der Waals surface area contributed by atoms with Crippen LogP contribution in [0.5, 0.6) is 11.5 Å². The Hall–Kier alpha value is -2.84. The van der Waals surface area contributed by atoms with Gasteiger partial charge in [-0.1, -0.05) is 0 Å². The lowest BCUT2D eigenvalue weighted by molar-refractivity contribution is -0.385. The summed E-state index contributed by atoms with van der Waals surface area (Å²) in [7, 11) is 2.53. The molecule has 1 amide bonds. The molecule has 0 spiro atoms. The van der Waals surface area contributed by atoms with E-state index in [1.54, 1.807) is 0 Å². The molecule has 2 N–H and O–H groups in total. The molecule has 0 radical (unpaired) electrons. The zero-order chi connectivity index (χ0) is 16.0. The number of carbonyl (C=O) groups excluding carboxylic acids is 1. The predicted molar refractivity (Wildman–Crippen MR) is 70.8 cm³/mol.